The predicted octanol–water partition coefficient (Wildman–Crippen LogP) is 5.82. The first-order valence-corrected chi connectivity index (χ1v) is 11.6. The van der Waals surface area contributed by atoms with Crippen LogP contribution in [0.4, 0.5) is 5.13 Å². The van der Waals surface area contributed by atoms with E-state index in [2.05, 4.69) is 22.4 Å². The second kappa shape index (κ2) is 11.7. The van der Waals surface area contributed by atoms with Crippen molar-refractivity contribution >= 4 is 28.5 Å². The van der Waals surface area contributed by atoms with Crippen LogP contribution in [-0.2, 0) is 4.79 Å². The molecule has 2 aromatic rings. The average molecular weight is 430 g/mol. The normalized spacial score (nSPS) is 14.7. The lowest BCUT2D eigenvalue weighted by atomic mass is 9.90. The van der Waals surface area contributed by atoms with Crippen LogP contribution in [-0.4, -0.2) is 29.8 Å². The molecule has 1 aliphatic carbocycles. The Morgan fingerprint density at radius 2 is 2.03 bits per heavy atom. The van der Waals surface area contributed by atoms with Gasteiger partial charge in [-0.15, -0.1) is 10.2 Å². The van der Waals surface area contributed by atoms with Crippen LogP contribution in [0.25, 0.3) is 6.08 Å². The van der Waals surface area contributed by atoms with Crippen molar-refractivity contribution in [1.82, 2.24) is 10.2 Å². The van der Waals surface area contributed by atoms with Gasteiger partial charge in [-0.3, -0.25) is 10.1 Å². The van der Waals surface area contributed by atoms with Crippen LogP contribution in [0.2, 0.25) is 0 Å². The first-order chi connectivity index (χ1) is 14.7. The minimum atomic E-state index is -0.222. The molecule has 1 N–H and O–H groups in total. The Balaban J connectivity index is 1.54. The molecule has 1 aromatic heterocycles. The molecule has 1 aliphatic rings. The summed E-state index contributed by atoms with van der Waals surface area (Å²) in [5.74, 6) is 1.66. The number of amides is 1. The molecule has 0 unspecified atom stereocenters. The fraction of sp³-hybridized carbons (Fsp3) is 0.522. The van der Waals surface area contributed by atoms with E-state index in [4.69, 9.17) is 9.47 Å². The van der Waals surface area contributed by atoms with E-state index in [1.165, 1.54) is 49.5 Å². The monoisotopic (exact) mass is 429 g/mol. The summed E-state index contributed by atoms with van der Waals surface area (Å²) in [6.45, 7) is 2.84. The number of hydrogen-bond acceptors (Lipinski definition) is 6. The third-order valence-electron chi connectivity index (χ3n) is 5.25. The number of benzene rings is 1. The zero-order chi connectivity index (χ0) is 21.2. The highest BCUT2D eigenvalue weighted by molar-refractivity contribution is 7.15. The zero-order valence-electron chi connectivity index (χ0n) is 17.9. The molecule has 1 saturated carbocycles. The van der Waals surface area contributed by atoms with Crippen LogP contribution in [0.5, 0.6) is 11.5 Å². The van der Waals surface area contributed by atoms with Crippen molar-refractivity contribution in [2.24, 2.45) is 0 Å². The maximum Gasteiger partial charge on any atom is 0.250 e. The van der Waals surface area contributed by atoms with Crippen molar-refractivity contribution in [3.8, 4) is 11.5 Å². The van der Waals surface area contributed by atoms with Gasteiger partial charge in [0.2, 0.25) is 11.0 Å². The van der Waals surface area contributed by atoms with Gasteiger partial charge in [0.15, 0.2) is 11.5 Å². The molecule has 1 heterocycles. The SMILES string of the molecule is CCCCCOc1ccc(C=CC(=O)Nc2nnc(C3CCCCC3)s2)cc1OC. The Labute approximate surface area is 182 Å². The van der Waals surface area contributed by atoms with Gasteiger partial charge in [0, 0.05) is 12.0 Å². The number of aromatic nitrogens is 2. The number of unbranched alkanes of at least 4 members (excludes halogenated alkanes) is 2. The van der Waals surface area contributed by atoms with Crippen molar-refractivity contribution in [2.75, 3.05) is 19.0 Å². The summed E-state index contributed by atoms with van der Waals surface area (Å²) >= 11 is 1.48. The first kappa shape index (κ1) is 22.3. The zero-order valence-corrected chi connectivity index (χ0v) is 18.7. The minimum Gasteiger partial charge on any atom is -0.493 e. The van der Waals surface area contributed by atoms with Gasteiger partial charge in [-0.2, -0.15) is 0 Å². The van der Waals surface area contributed by atoms with Gasteiger partial charge in [-0.05, 0) is 43.0 Å². The van der Waals surface area contributed by atoms with Crippen molar-refractivity contribution in [2.45, 2.75) is 64.2 Å². The number of methoxy groups -OCH3 is 1. The van der Waals surface area contributed by atoms with Crippen molar-refractivity contribution in [3.63, 3.8) is 0 Å². The average Bonchev–Trinajstić information content (AvgIpc) is 3.24. The van der Waals surface area contributed by atoms with Crippen LogP contribution < -0.4 is 14.8 Å². The third kappa shape index (κ3) is 6.55. The molecule has 30 heavy (non-hydrogen) atoms. The summed E-state index contributed by atoms with van der Waals surface area (Å²) in [7, 11) is 1.62. The van der Waals surface area contributed by atoms with Gasteiger partial charge in [0.25, 0.3) is 0 Å². The number of carbonyl (C=O) groups excluding carboxylic acids is 1. The molecule has 6 nitrogen and oxygen atoms in total. The van der Waals surface area contributed by atoms with E-state index in [1.807, 2.05) is 18.2 Å². The van der Waals surface area contributed by atoms with Crippen LogP contribution in [0, 0.1) is 0 Å². The number of hydrogen-bond donors (Lipinski definition) is 1. The summed E-state index contributed by atoms with van der Waals surface area (Å²) < 4.78 is 11.2. The number of carbonyl (C=O) groups is 1. The highest BCUT2D eigenvalue weighted by Gasteiger charge is 2.20. The largest absolute Gasteiger partial charge is 0.493 e. The predicted molar refractivity (Wildman–Crippen MR) is 121 cm³/mol. The van der Waals surface area contributed by atoms with Gasteiger partial charge in [0.05, 0.1) is 13.7 Å². The molecule has 1 amide bonds. The number of ether oxygens (including phenoxy) is 2. The summed E-state index contributed by atoms with van der Waals surface area (Å²) in [5.41, 5.74) is 0.864. The molecule has 3 rings (SSSR count). The highest BCUT2D eigenvalue weighted by Crippen LogP contribution is 2.35. The van der Waals surface area contributed by atoms with Crippen LogP contribution in [0.3, 0.4) is 0 Å². The quantitative estimate of drug-likeness (QED) is 0.381. The number of nitrogens with one attached hydrogen (secondary N) is 1. The molecule has 0 saturated heterocycles. The van der Waals surface area contributed by atoms with Crippen molar-refractivity contribution in [3.05, 3.63) is 34.8 Å². The number of nitrogens with zero attached hydrogens (tertiary/aromatic N) is 2. The molecular formula is C23H31N3O3S. The maximum absolute atomic E-state index is 12.3. The lowest BCUT2D eigenvalue weighted by Crippen LogP contribution is -2.07. The first-order valence-electron chi connectivity index (χ1n) is 10.8. The Morgan fingerprint density at radius 3 is 2.80 bits per heavy atom. The summed E-state index contributed by atoms with van der Waals surface area (Å²) in [4.78, 5) is 12.3. The standard InChI is InChI=1S/C23H31N3O3S/c1-3-4-8-15-29-19-13-11-17(16-20(19)28-2)12-14-21(27)24-23-26-25-22(30-23)18-9-6-5-7-10-18/h11-14,16,18H,3-10,15H2,1-2H3,(H,24,26,27). The van der Waals surface area contributed by atoms with Gasteiger partial charge >= 0.3 is 0 Å². The van der Waals surface area contributed by atoms with Gasteiger partial charge in [-0.1, -0.05) is 56.4 Å². The molecule has 162 valence electrons. The lowest BCUT2D eigenvalue weighted by Gasteiger charge is -2.18. The minimum absolute atomic E-state index is 0.222. The van der Waals surface area contributed by atoms with E-state index in [0.717, 1.165) is 35.6 Å². The third-order valence-corrected chi connectivity index (χ3v) is 6.25. The molecule has 0 spiro atoms. The van der Waals surface area contributed by atoms with Crippen molar-refractivity contribution < 1.29 is 14.3 Å². The van der Waals surface area contributed by atoms with E-state index in [0.29, 0.717) is 23.4 Å². The van der Waals surface area contributed by atoms with Gasteiger partial charge in [0.1, 0.15) is 5.01 Å². The van der Waals surface area contributed by atoms with E-state index in [1.54, 1.807) is 13.2 Å². The van der Waals surface area contributed by atoms with Crippen molar-refractivity contribution in [1.29, 1.82) is 0 Å². The Bertz CT molecular complexity index is 844. The van der Waals surface area contributed by atoms with Gasteiger partial charge < -0.3 is 9.47 Å². The smallest absolute Gasteiger partial charge is 0.250 e. The van der Waals surface area contributed by atoms with E-state index in [9.17, 15) is 4.79 Å². The topological polar surface area (TPSA) is 73.3 Å². The molecule has 1 fully saturated rings. The summed E-state index contributed by atoms with van der Waals surface area (Å²) in [6, 6.07) is 5.65. The summed E-state index contributed by atoms with van der Waals surface area (Å²) in [6.07, 6.45) is 12.7. The van der Waals surface area contributed by atoms with Crippen LogP contribution in [0.15, 0.2) is 24.3 Å². The molecule has 1 aromatic carbocycles. The molecule has 0 radical (unpaired) electrons. The molecule has 7 heteroatoms. The van der Waals surface area contributed by atoms with Gasteiger partial charge in [-0.25, -0.2) is 0 Å². The number of rotatable bonds is 10. The second-order valence-electron chi connectivity index (χ2n) is 7.57. The molecular weight excluding hydrogens is 398 g/mol. The Kier molecular flexibility index (Phi) is 8.68. The van der Waals surface area contributed by atoms with Crippen LogP contribution in [0.1, 0.15) is 74.8 Å². The summed E-state index contributed by atoms with van der Waals surface area (Å²) in [5, 5.41) is 12.8. The Hall–Kier alpha value is -2.41. The fourth-order valence-corrected chi connectivity index (χ4v) is 4.48. The van der Waals surface area contributed by atoms with E-state index >= 15 is 0 Å². The second-order valence-corrected chi connectivity index (χ2v) is 8.58. The molecule has 0 bridgehead atoms. The maximum atomic E-state index is 12.3. The van der Waals surface area contributed by atoms with E-state index < -0.39 is 0 Å². The fourth-order valence-electron chi connectivity index (χ4n) is 3.56. The lowest BCUT2D eigenvalue weighted by molar-refractivity contribution is -0.111. The molecule has 0 aliphatic heterocycles. The Morgan fingerprint density at radius 1 is 1.20 bits per heavy atom. The number of anilines is 1. The van der Waals surface area contributed by atoms with Crippen LogP contribution >= 0.6 is 11.3 Å². The molecule has 0 atom stereocenters. The van der Waals surface area contributed by atoms with E-state index in [-0.39, 0.29) is 5.91 Å². The highest BCUT2D eigenvalue weighted by atomic mass is 32.1.